The molecular formula is C12H16FN3O. The van der Waals surface area contributed by atoms with Crippen molar-refractivity contribution in [3.63, 3.8) is 0 Å². The second-order valence-electron chi connectivity index (χ2n) is 4.32. The van der Waals surface area contributed by atoms with E-state index in [1.54, 1.807) is 12.1 Å². The normalized spacial score (nSPS) is 17.2. The van der Waals surface area contributed by atoms with E-state index < -0.39 is 11.7 Å². The largest absolute Gasteiger partial charge is 0.371 e. The van der Waals surface area contributed by atoms with Crippen LogP contribution in [0.15, 0.2) is 18.2 Å². The summed E-state index contributed by atoms with van der Waals surface area (Å²) in [7, 11) is 0. The predicted molar refractivity (Wildman–Crippen MR) is 64.3 cm³/mol. The van der Waals surface area contributed by atoms with Crippen LogP contribution in [0.3, 0.4) is 0 Å². The molecule has 1 aliphatic heterocycles. The van der Waals surface area contributed by atoms with Gasteiger partial charge in [0.15, 0.2) is 0 Å². The highest BCUT2D eigenvalue weighted by Gasteiger charge is 2.22. The van der Waals surface area contributed by atoms with E-state index >= 15 is 0 Å². The quantitative estimate of drug-likeness (QED) is 0.801. The number of nitrogens with two attached hydrogens (primary N) is 2. The summed E-state index contributed by atoms with van der Waals surface area (Å²) >= 11 is 0. The van der Waals surface area contributed by atoms with Crippen molar-refractivity contribution in [1.82, 2.24) is 0 Å². The van der Waals surface area contributed by atoms with Gasteiger partial charge in [0.05, 0.1) is 11.3 Å². The molecule has 2 rings (SSSR count). The molecule has 5 heteroatoms. The second kappa shape index (κ2) is 4.71. The summed E-state index contributed by atoms with van der Waals surface area (Å²) in [4.78, 5) is 13.2. The van der Waals surface area contributed by atoms with Crippen molar-refractivity contribution in [2.45, 2.75) is 18.9 Å². The Labute approximate surface area is 99.4 Å². The molecule has 0 saturated carbocycles. The van der Waals surface area contributed by atoms with Crippen LogP contribution in [0.1, 0.15) is 23.2 Å². The SMILES string of the molecule is NC(=O)c1c(F)cccc1N1CCC(N)CC1. The van der Waals surface area contributed by atoms with Crippen LogP contribution < -0.4 is 16.4 Å². The van der Waals surface area contributed by atoms with E-state index in [-0.39, 0.29) is 11.6 Å². The summed E-state index contributed by atoms with van der Waals surface area (Å²) in [5, 5.41) is 0. The van der Waals surface area contributed by atoms with Crippen molar-refractivity contribution >= 4 is 11.6 Å². The van der Waals surface area contributed by atoms with Crippen LogP contribution in [0.2, 0.25) is 0 Å². The first-order chi connectivity index (χ1) is 8.09. The Morgan fingerprint density at radius 2 is 2.00 bits per heavy atom. The molecule has 92 valence electrons. The maximum Gasteiger partial charge on any atom is 0.253 e. The van der Waals surface area contributed by atoms with Crippen molar-refractivity contribution in [2.75, 3.05) is 18.0 Å². The summed E-state index contributed by atoms with van der Waals surface area (Å²) in [6.07, 6.45) is 1.68. The number of nitrogens with zero attached hydrogens (tertiary/aromatic N) is 1. The fourth-order valence-electron chi connectivity index (χ4n) is 2.16. The Balaban J connectivity index is 2.32. The summed E-state index contributed by atoms with van der Waals surface area (Å²) in [5.41, 5.74) is 11.6. The Morgan fingerprint density at radius 1 is 1.35 bits per heavy atom. The Hall–Kier alpha value is -1.62. The molecule has 0 spiro atoms. The highest BCUT2D eigenvalue weighted by Crippen LogP contribution is 2.25. The fourth-order valence-corrected chi connectivity index (χ4v) is 2.16. The molecule has 0 aromatic heterocycles. The molecule has 1 aliphatic rings. The number of anilines is 1. The monoisotopic (exact) mass is 237 g/mol. The van der Waals surface area contributed by atoms with Gasteiger partial charge in [0.25, 0.3) is 5.91 Å². The number of amides is 1. The van der Waals surface area contributed by atoms with Gasteiger partial charge in [-0.15, -0.1) is 0 Å². The van der Waals surface area contributed by atoms with Crippen LogP contribution in [0.4, 0.5) is 10.1 Å². The number of primary amides is 1. The zero-order valence-corrected chi connectivity index (χ0v) is 9.53. The maximum absolute atomic E-state index is 13.6. The third-order valence-electron chi connectivity index (χ3n) is 3.12. The highest BCUT2D eigenvalue weighted by atomic mass is 19.1. The molecule has 17 heavy (non-hydrogen) atoms. The van der Waals surface area contributed by atoms with Crippen molar-refractivity contribution in [1.29, 1.82) is 0 Å². The van der Waals surface area contributed by atoms with Gasteiger partial charge < -0.3 is 16.4 Å². The van der Waals surface area contributed by atoms with Crippen molar-refractivity contribution in [3.05, 3.63) is 29.6 Å². The third-order valence-corrected chi connectivity index (χ3v) is 3.12. The maximum atomic E-state index is 13.6. The summed E-state index contributed by atoms with van der Waals surface area (Å²) in [5.74, 6) is -1.29. The van der Waals surface area contributed by atoms with Crippen LogP contribution in [0.5, 0.6) is 0 Å². The number of carbonyl (C=O) groups excluding carboxylic acids is 1. The second-order valence-corrected chi connectivity index (χ2v) is 4.32. The Morgan fingerprint density at radius 3 is 2.59 bits per heavy atom. The lowest BCUT2D eigenvalue weighted by molar-refractivity contribution is 0.0997. The molecule has 4 nitrogen and oxygen atoms in total. The minimum atomic E-state index is -0.729. The molecule has 1 fully saturated rings. The zero-order valence-electron chi connectivity index (χ0n) is 9.53. The lowest BCUT2D eigenvalue weighted by atomic mass is 10.0. The molecule has 4 N–H and O–H groups in total. The van der Waals surface area contributed by atoms with Gasteiger partial charge in [0.2, 0.25) is 0 Å². The van der Waals surface area contributed by atoms with Gasteiger partial charge in [-0.3, -0.25) is 4.79 Å². The van der Waals surface area contributed by atoms with Gasteiger partial charge in [0.1, 0.15) is 5.82 Å². The smallest absolute Gasteiger partial charge is 0.253 e. The third kappa shape index (κ3) is 2.39. The number of benzene rings is 1. The average molecular weight is 237 g/mol. The number of carbonyl (C=O) groups is 1. The van der Waals surface area contributed by atoms with E-state index in [0.29, 0.717) is 5.69 Å². The predicted octanol–water partition coefficient (Wildman–Crippen LogP) is 0.852. The van der Waals surface area contributed by atoms with Crippen molar-refractivity contribution in [2.24, 2.45) is 11.5 Å². The van der Waals surface area contributed by atoms with E-state index in [0.717, 1.165) is 25.9 Å². The standard InChI is InChI=1S/C12H16FN3O/c13-9-2-1-3-10(11(9)12(15)17)16-6-4-8(14)5-7-16/h1-3,8H,4-7,14H2,(H2,15,17). The first-order valence-corrected chi connectivity index (χ1v) is 5.68. The van der Waals surface area contributed by atoms with E-state index in [2.05, 4.69) is 0 Å². The number of hydrogen-bond donors (Lipinski definition) is 2. The van der Waals surface area contributed by atoms with Crippen molar-refractivity contribution in [3.8, 4) is 0 Å². The van der Waals surface area contributed by atoms with Crippen LogP contribution in [-0.4, -0.2) is 25.0 Å². The number of halogens is 1. The first kappa shape index (κ1) is 11.9. The van der Waals surface area contributed by atoms with Crippen LogP contribution >= 0.6 is 0 Å². The van der Waals surface area contributed by atoms with Crippen molar-refractivity contribution < 1.29 is 9.18 Å². The van der Waals surface area contributed by atoms with E-state index in [9.17, 15) is 9.18 Å². The van der Waals surface area contributed by atoms with Gasteiger partial charge in [-0.1, -0.05) is 6.07 Å². The lowest BCUT2D eigenvalue weighted by Crippen LogP contribution is -2.40. The van der Waals surface area contributed by atoms with E-state index in [4.69, 9.17) is 11.5 Å². The van der Waals surface area contributed by atoms with Crippen LogP contribution in [0.25, 0.3) is 0 Å². The number of rotatable bonds is 2. The average Bonchev–Trinajstić information content (AvgIpc) is 2.29. The summed E-state index contributed by atoms with van der Waals surface area (Å²) in [6, 6.07) is 4.75. The minimum Gasteiger partial charge on any atom is -0.371 e. The van der Waals surface area contributed by atoms with Gasteiger partial charge in [-0.05, 0) is 25.0 Å². The summed E-state index contributed by atoms with van der Waals surface area (Å²) < 4.78 is 13.6. The molecule has 1 aromatic carbocycles. The molecule has 1 amide bonds. The molecule has 0 unspecified atom stereocenters. The molecule has 0 aliphatic carbocycles. The first-order valence-electron chi connectivity index (χ1n) is 5.68. The van der Waals surface area contributed by atoms with Crippen LogP contribution in [0, 0.1) is 5.82 Å². The van der Waals surface area contributed by atoms with Gasteiger partial charge >= 0.3 is 0 Å². The minimum absolute atomic E-state index is 0.0250. The van der Waals surface area contributed by atoms with Gasteiger partial charge in [-0.2, -0.15) is 0 Å². The molecule has 0 atom stereocenters. The number of hydrogen-bond acceptors (Lipinski definition) is 3. The molecule has 1 aromatic rings. The van der Waals surface area contributed by atoms with E-state index in [1.807, 2.05) is 4.90 Å². The molecule has 1 saturated heterocycles. The fraction of sp³-hybridized carbons (Fsp3) is 0.417. The Kier molecular flexibility index (Phi) is 3.28. The molecule has 0 bridgehead atoms. The highest BCUT2D eigenvalue weighted by molar-refractivity contribution is 5.99. The van der Waals surface area contributed by atoms with Gasteiger partial charge in [0, 0.05) is 19.1 Å². The van der Waals surface area contributed by atoms with Gasteiger partial charge in [-0.25, -0.2) is 4.39 Å². The Bertz CT molecular complexity index is 428. The molecular weight excluding hydrogens is 221 g/mol. The molecule has 0 radical (unpaired) electrons. The topological polar surface area (TPSA) is 72.4 Å². The van der Waals surface area contributed by atoms with Crippen LogP contribution in [-0.2, 0) is 0 Å². The number of piperidine rings is 1. The zero-order chi connectivity index (χ0) is 12.4. The lowest BCUT2D eigenvalue weighted by Gasteiger charge is -2.33. The van der Waals surface area contributed by atoms with E-state index in [1.165, 1.54) is 6.07 Å². The summed E-state index contributed by atoms with van der Waals surface area (Å²) in [6.45, 7) is 1.45. The molecule has 1 heterocycles.